The first kappa shape index (κ1) is 24.3. The Morgan fingerprint density at radius 3 is 2.74 bits per heavy atom. The molecule has 1 aromatic carbocycles. The van der Waals surface area contributed by atoms with Crippen LogP contribution in [0.25, 0.3) is 10.9 Å². The van der Waals surface area contributed by atoms with Crippen molar-refractivity contribution in [1.29, 1.82) is 0 Å². The van der Waals surface area contributed by atoms with E-state index in [2.05, 4.69) is 20.7 Å². The summed E-state index contributed by atoms with van der Waals surface area (Å²) >= 11 is 6.08. The second-order valence-corrected chi connectivity index (χ2v) is 8.91. The van der Waals surface area contributed by atoms with Gasteiger partial charge in [-0.1, -0.05) is 11.6 Å². The summed E-state index contributed by atoms with van der Waals surface area (Å²) in [5.41, 5.74) is 0.416. The maximum atomic E-state index is 13.4. The zero-order valence-electron chi connectivity index (χ0n) is 18.4. The van der Waals surface area contributed by atoms with E-state index in [9.17, 15) is 22.4 Å². The van der Waals surface area contributed by atoms with Gasteiger partial charge in [0.25, 0.3) is 5.91 Å². The van der Waals surface area contributed by atoms with Crippen LogP contribution in [0, 0.1) is 6.92 Å². The average molecular weight is 498 g/mol. The van der Waals surface area contributed by atoms with Crippen molar-refractivity contribution in [2.24, 2.45) is 0 Å². The van der Waals surface area contributed by atoms with Gasteiger partial charge in [0, 0.05) is 34.4 Å². The minimum Gasteiger partial charge on any atom is -0.382 e. The van der Waals surface area contributed by atoms with Crippen molar-refractivity contribution >= 4 is 34.1 Å². The first-order chi connectivity index (χ1) is 16.1. The highest BCUT2D eigenvalue weighted by molar-refractivity contribution is 6.31. The van der Waals surface area contributed by atoms with E-state index < -0.39 is 18.5 Å². The van der Waals surface area contributed by atoms with Crippen LogP contribution in [-0.4, -0.2) is 39.4 Å². The Morgan fingerprint density at radius 2 is 2.00 bits per heavy atom. The van der Waals surface area contributed by atoms with E-state index in [-0.39, 0.29) is 30.1 Å². The molecule has 2 aromatic heterocycles. The second-order valence-electron chi connectivity index (χ2n) is 8.47. The molecule has 2 N–H and O–H groups in total. The number of benzene rings is 1. The van der Waals surface area contributed by atoms with Gasteiger partial charge in [-0.25, -0.2) is 9.37 Å². The number of amides is 1. The molecule has 0 saturated heterocycles. The topological polar surface area (TPSA) is 71.8 Å². The van der Waals surface area contributed by atoms with Crippen LogP contribution in [0.1, 0.15) is 47.4 Å². The summed E-state index contributed by atoms with van der Waals surface area (Å²) in [6, 6.07) is 5.25. The number of hydrogen-bond acceptors (Lipinski definition) is 4. The largest absolute Gasteiger partial charge is 0.433 e. The number of carbonyl (C=O) groups is 1. The molecule has 2 heterocycles. The van der Waals surface area contributed by atoms with Crippen LogP contribution in [0.2, 0.25) is 5.02 Å². The molecule has 34 heavy (non-hydrogen) atoms. The van der Waals surface area contributed by atoms with E-state index in [0.29, 0.717) is 33.8 Å². The number of anilines is 1. The van der Waals surface area contributed by atoms with Gasteiger partial charge in [0.05, 0.1) is 23.3 Å². The second kappa shape index (κ2) is 9.77. The van der Waals surface area contributed by atoms with Crippen molar-refractivity contribution in [3.05, 3.63) is 52.4 Å². The zero-order valence-corrected chi connectivity index (χ0v) is 19.2. The predicted molar refractivity (Wildman–Crippen MR) is 122 cm³/mol. The van der Waals surface area contributed by atoms with Crippen molar-refractivity contribution < 1.29 is 22.4 Å². The predicted octanol–water partition coefficient (Wildman–Crippen LogP) is 5.53. The molecule has 1 amide bonds. The number of carbonyl (C=O) groups excluding carboxylic acids is 1. The minimum atomic E-state index is -4.59. The summed E-state index contributed by atoms with van der Waals surface area (Å²) in [6.45, 7) is 1.18. The highest BCUT2D eigenvalue weighted by atomic mass is 35.5. The van der Waals surface area contributed by atoms with E-state index in [4.69, 9.17) is 11.6 Å². The molecule has 0 radical (unpaired) electrons. The molecular formula is C23H24ClF4N5O. The Hall–Kier alpha value is -2.88. The van der Waals surface area contributed by atoms with Crippen molar-refractivity contribution in [3.8, 4) is 0 Å². The summed E-state index contributed by atoms with van der Waals surface area (Å²) in [4.78, 5) is 16.5. The normalized spacial score (nSPS) is 18.8. The molecule has 3 aromatic rings. The lowest BCUT2D eigenvalue weighted by Gasteiger charge is -2.31. The zero-order chi connectivity index (χ0) is 24.5. The maximum Gasteiger partial charge on any atom is 0.433 e. The molecule has 2 atom stereocenters. The SMILES string of the molecule is Cc1nn(CCF)cc1C(=O)N[C@@H]1CCC[C@H](Nc2cc(C(F)(F)F)nc3ccc(Cl)cc23)C1. The van der Waals surface area contributed by atoms with E-state index in [1.165, 1.54) is 23.0 Å². The van der Waals surface area contributed by atoms with E-state index in [1.54, 1.807) is 13.0 Å². The molecule has 6 nitrogen and oxygen atoms in total. The third kappa shape index (κ3) is 5.43. The summed E-state index contributed by atoms with van der Waals surface area (Å²) in [7, 11) is 0. The number of alkyl halides is 4. The van der Waals surface area contributed by atoms with Gasteiger partial charge in [-0.05, 0) is 56.9 Å². The Morgan fingerprint density at radius 1 is 1.24 bits per heavy atom. The Kier molecular flexibility index (Phi) is 6.97. The fourth-order valence-corrected chi connectivity index (χ4v) is 4.51. The number of aromatic nitrogens is 3. The quantitative estimate of drug-likeness (QED) is 0.439. The Bertz CT molecular complexity index is 1200. The van der Waals surface area contributed by atoms with Crippen molar-refractivity contribution in [2.45, 2.75) is 57.4 Å². The van der Waals surface area contributed by atoms with Crippen LogP contribution in [0.5, 0.6) is 0 Å². The standard InChI is InChI=1S/C23H24ClF4N5O/c1-13-18(12-33(32-13)8-7-25)22(34)30-16-4-2-3-15(10-16)29-20-11-21(23(26,27)28)31-19-6-5-14(24)9-17(19)20/h5-6,9,11-12,15-16H,2-4,7-8,10H2,1H3,(H,29,31)(H,30,34)/t15-,16+/m0/s1. The number of fused-ring (bicyclic) bond motifs is 1. The van der Waals surface area contributed by atoms with E-state index in [0.717, 1.165) is 25.3 Å². The first-order valence-electron chi connectivity index (χ1n) is 11.0. The lowest BCUT2D eigenvalue weighted by atomic mass is 9.90. The van der Waals surface area contributed by atoms with E-state index >= 15 is 0 Å². The monoisotopic (exact) mass is 497 g/mol. The molecule has 0 bridgehead atoms. The third-order valence-electron chi connectivity index (χ3n) is 5.93. The fourth-order valence-electron chi connectivity index (χ4n) is 4.34. The van der Waals surface area contributed by atoms with Gasteiger partial charge < -0.3 is 10.6 Å². The van der Waals surface area contributed by atoms with Crippen LogP contribution < -0.4 is 10.6 Å². The van der Waals surface area contributed by atoms with Crippen molar-refractivity contribution in [2.75, 3.05) is 12.0 Å². The number of pyridine rings is 1. The van der Waals surface area contributed by atoms with Gasteiger partial charge in [0.1, 0.15) is 12.4 Å². The number of rotatable bonds is 6. The lowest BCUT2D eigenvalue weighted by Crippen LogP contribution is -2.42. The van der Waals surface area contributed by atoms with Gasteiger partial charge >= 0.3 is 6.18 Å². The van der Waals surface area contributed by atoms with Crippen molar-refractivity contribution in [3.63, 3.8) is 0 Å². The molecule has 1 aliphatic carbocycles. The Labute approximate surface area is 198 Å². The highest BCUT2D eigenvalue weighted by Crippen LogP contribution is 2.35. The van der Waals surface area contributed by atoms with Crippen LogP contribution in [0.15, 0.2) is 30.5 Å². The van der Waals surface area contributed by atoms with Gasteiger partial charge in [0.2, 0.25) is 0 Å². The van der Waals surface area contributed by atoms with Gasteiger partial charge in [0.15, 0.2) is 0 Å². The third-order valence-corrected chi connectivity index (χ3v) is 6.17. The molecule has 11 heteroatoms. The van der Waals surface area contributed by atoms with Crippen LogP contribution >= 0.6 is 11.6 Å². The number of nitrogens with one attached hydrogen (secondary N) is 2. The number of nitrogens with zero attached hydrogens (tertiary/aromatic N) is 3. The number of aryl methyl sites for hydroxylation is 2. The van der Waals surface area contributed by atoms with Gasteiger partial charge in [-0.3, -0.25) is 9.48 Å². The molecule has 1 saturated carbocycles. The summed E-state index contributed by atoms with van der Waals surface area (Å²) in [5, 5.41) is 11.3. The van der Waals surface area contributed by atoms with Crippen molar-refractivity contribution in [1.82, 2.24) is 20.1 Å². The van der Waals surface area contributed by atoms with Gasteiger partial charge in [-0.2, -0.15) is 18.3 Å². The molecule has 0 unspecified atom stereocenters. The van der Waals surface area contributed by atoms with Gasteiger partial charge in [-0.15, -0.1) is 0 Å². The molecule has 0 spiro atoms. The number of halogens is 5. The van der Waals surface area contributed by atoms with Crippen LogP contribution in [0.4, 0.5) is 23.2 Å². The van der Waals surface area contributed by atoms with E-state index in [1.807, 2.05) is 0 Å². The summed E-state index contributed by atoms with van der Waals surface area (Å²) in [5.74, 6) is -0.297. The minimum absolute atomic E-state index is 0.0767. The molecule has 1 aliphatic rings. The smallest absolute Gasteiger partial charge is 0.382 e. The fraction of sp³-hybridized carbons (Fsp3) is 0.435. The summed E-state index contributed by atoms with van der Waals surface area (Å²) in [6.07, 6.45) is -0.246. The Balaban J connectivity index is 1.51. The maximum absolute atomic E-state index is 13.4. The highest BCUT2D eigenvalue weighted by Gasteiger charge is 2.34. The molecular weight excluding hydrogens is 474 g/mol. The molecule has 4 rings (SSSR count). The van der Waals surface area contributed by atoms with Crippen LogP contribution in [-0.2, 0) is 12.7 Å². The summed E-state index contributed by atoms with van der Waals surface area (Å²) < 4.78 is 54.2. The number of hydrogen-bond donors (Lipinski definition) is 2. The lowest BCUT2D eigenvalue weighted by molar-refractivity contribution is -0.140. The average Bonchev–Trinajstić information content (AvgIpc) is 3.14. The molecule has 182 valence electrons. The molecule has 0 aliphatic heterocycles. The van der Waals surface area contributed by atoms with Crippen LogP contribution in [0.3, 0.4) is 0 Å². The molecule has 1 fully saturated rings. The first-order valence-corrected chi connectivity index (χ1v) is 11.4.